The van der Waals surface area contributed by atoms with E-state index in [0.29, 0.717) is 5.75 Å². The van der Waals surface area contributed by atoms with Crippen LogP contribution in [-0.4, -0.2) is 35.9 Å². The molecule has 0 radical (unpaired) electrons. The summed E-state index contributed by atoms with van der Waals surface area (Å²) in [7, 11) is 1.44. The lowest BCUT2D eigenvalue weighted by Crippen LogP contribution is -2.36. The van der Waals surface area contributed by atoms with E-state index in [0.717, 1.165) is 19.5 Å². The van der Waals surface area contributed by atoms with Crippen LogP contribution in [0.1, 0.15) is 10.4 Å². The number of benzene rings is 1. The van der Waals surface area contributed by atoms with Gasteiger partial charge >= 0.3 is 0 Å². The molecule has 126 valence electrons. The summed E-state index contributed by atoms with van der Waals surface area (Å²) in [5.74, 6) is 0.114. The molecule has 0 fully saturated rings. The lowest BCUT2D eigenvalue weighted by Gasteiger charge is -2.26. The van der Waals surface area contributed by atoms with Crippen LogP contribution in [-0.2, 0) is 17.8 Å². The molecule has 0 aliphatic carbocycles. The summed E-state index contributed by atoms with van der Waals surface area (Å²) in [6, 6.07) is 6.45. The maximum atomic E-state index is 12.3. The maximum Gasteiger partial charge on any atom is 0.296 e. The van der Waals surface area contributed by atoms with Gasteiger partial charge in [-0.3, -0.25) is 19.8 Å². The Labute approximate surface area is 143 Å². The number of nitro benzene ring substituents is 1. The van der Waals surface area contributed by atoms with Crippen molar-refractivity contribution < 1.29 is 14.5 Å². The summed E-state index contributed by atoms with van der Waals surface area (Å²) < 4.78 is 4.99. The van der Waals surface area contributed by atoms with E-state index in [1.807, 2.05) is 4.90 Å². The molecule has 0 atom stereocenters. The van der Waals surface area contributed by atoms with Gasteiger partial charge in [-0.1, -0.05) is 0 Å². The number of carbonyl (C=O) groups is 1. The minimum atomic E-state index is -0.531. The summed E-state index contributed by atoms with van der Waals surface area (Å²) >= 11 is 1.74. The standard InChI is InChI=1S/C16H17N3O4S/c1-23-12-2-3-13(14(8-12)19(21)22)17-16(20)10-18-6-4-15-11(9-18)5-7-24-15/h2-3,5,7-8H,4,6,9-10H2,1H3,(H,17,20). The predicted octanol–water partition coefficient (Wildman–Crippen LogP) is 2.66. The fourth-order valence-electron chi connectivity index (χ4n) is 2.73. The molecule has 7 nitrogen and oxygen atoms in total. The quantitative estimate of drug-likeness (QED) is 0.664. The van der Waals surface area contributed by atoms with Gasteiger partial charge in [-0.05, 0) is 35.6 Å². The largest absolute Gasteiger partial charge is 0.496 e. The Hall–Kier alpha value is -2.45. The number of methoxy groups -OCH3 is 1. The molecule has 0 bridgehead atoms. The predicted molar refractivity (Wildman–Crippen MR) is 91.6 cm³/mol. The second kappa shape index (κ2) is 6.98. The Kier molecular flexibility index (Phi) is 4.77. The number of thiophene rings is 1. The number of carbonyl (C=O) groups excluding carboxylic acids is 1. The molecule has 2 aromatic rings. The van der Waals surface area contributed by atoms with E-state index in [-0.39, 0.29) is 23.8 Å². The normalized spacial score (nSPS) is 14.0. The van der Waals surface area contributed by atoms with Crippen LogP contribution in [0.2, 0.25) is 0 Å². The molecule has 0 spiro atoms. The molecule has 2 heterocycles. The molecule has 0 unspecified atom stereocenters. The Morgan fingerprint density at radius 2 is 2.29 bits per heavy atom. The number of nitrogens with one attached hydrogen (secondary N) is 1. The average Bonchev–Trinajstić information content (AvgIpc) is 3.02. The summed E-state index contributed by atoms with van der Waals surface area (Å²) in [6.07, 6.45) is 0.933. The molecule has 1 N–H and O–H groups in total. The molecular weight excluding hydrogens is 330 g/mol. The van der Waals surface area contributed by atoms with Gasteiger partial charge in [-0.15, -0.1) is 11.3 Å². The summed E-state index contributed by atoms with van der Waals surface area (Å²) in [6.45, 7) is 1.75. The topological polar surface area (TPSA) is 84.7 Å². The third-order valence-corrected chi connectivity index (χ3v) is 4.95. The first-order valence-electron chi connectivity index (χ1n) is 7.46. The van der Waals surface area contributed by atoms with E-state index in [2.05, 4.69) is 16.8 Å². The van der Waals surface area contributed by atoms with Gasteiger partial charge in [-0.25, -0.2) is 0 Å². The highest BCUT2D eigenvalue weighted by atomic mass is 32.1. The van der Waals surface area contributed by atoms with Gasteiger partial charge in [0.2, 0.25) is 5.91 Å². The van der Waals surface area contributed by atoms with Crippen molar-refractivity contribution in [2.45, 2.75) is 13.0 Å². The van der Waals surface area contributed by atoms with Crippen LogP contribution < -0.4 is 10.1 Å². The average molecular weight is 347 g/mol. The van der Waals surface area contributed by atoms with Crippen molar-refractivity contribution in [1.29, 1.82) is 0 Å². The molecule has 1 amide bonds. The molecule has 1 aromatic carbocycles. The first-order valence-corrected chi connectivity index (χ1v) is 8.34. The second-order valence-corrected chi connectivity index (χ2v) is 6.52. The fraction of sp³-hybridized carbons (Fsp3) is 0.312. The number of hydrogen-bond acceptors (Lipinski definition) is 6. The minimum absolute atomic E-state index is 0.179. The number of nitro groups is 1. The number of anilines is 1. The van der Waals surface area contributed by atoms with Gasteiger partial charge in [0, 0.05) is 18.0 Å². The smallest absolute Gasteiger partial charge is 0.296 e. The van der Waals surface area contributed by atoms with Crippen LogP contribution in [0.3, 0.4) is 0 Å². The number of ether oxygens (including phenoxy) is 1. The van der Waals surface area contributed by atoms with Crippen LogP contribution in [0.15, 0.2) is 29.6 Å². The van der Waals surface area contributed by atoms with E-state index in [9.17, 15) is 14.9 Å². The Morgan fingerprint density at radius 1 is 1.46 bits per heavy atom. The van der Waals surface area contributed by atoms with E-state index in [1.54, 1.807) is 17.4 Å². The molecule has 1 aliphatic rings. The highest BCUT2D eigenvalue weighted by Gasteiger charge is 2.21. The summed E-state index contributed by atoms with van der Waals surface area (Å²) in [5, 5.41) is 15.9. The number of amides is 1. The lowest BCUT2D eigenvalue weighted by atomic mass is 10.1. The first-order chi connectivity index (χ1) is 11.6. The summed E-state index contributed by atoms with van der Waals surface area (Å²) in [5.41, 5.74) is 1.26. The fourth-order valence-corrected chi connectivity index (χ4v) is 3.62. The second-order valence-electron chi connectivity index (χ2n) is 5.52. The van der Waals surface area contributed by atoms with Gasteiger partial charge in [0.25, 0.3) is 5.69 Å². The summed E-state index contributed by atoms with van der Waals surface area (Å²) in [4.78, 5) is 26.3. The zero-order valence-corrected chi connectivity index (χ0v) is 14.0. The van der Waals surface area contributed by atoms with Crippen molar-refractivity contribution in [2.24, 2.45) is 0 Å². The van der Waals surface area contributed by atoms with Crippen molar-refractivity contribution in [3.63, 3.8) is 0 Å². The molecule has 3 rings (SSSR count). The van der Waals surface area contributed by atoms with Crippen LogP contribution >= 0.6 is 11.3 Å². The van der Waals surface area contributed by atoms with Gasteiger partial charge < -0.3 is 10.1 Å². The van der Waals surface area contributed by atoms with Crippen molar-refractivity contribution in [1.82, 2.24) is 4.90 Å². The SMILES string of the molecule is COc1ccc(NC(=O)CN2CCc3sccc3C2)c([N+](=O)[O-])c1. The zero-order valence-electron chi connectivity index (χ0n) is 13.2. The monoisotopic (exact) mass is 347 g/mol. The molecule has 1 aromatic heterocycles. The molecule has 0 saturated carbocycles. The first kappa shape index (κ1) is 16.4. The van der Waals surface area contributed by atoms with Crippen LogP contribution in [0.5, 0.6) is 5.75 Å². The maximum absolute atomic E-state index is 12.3. The van der Waals surface area contributed by atoms with E-state index >= 15 is 0 Å². The molecule has 8 heteroatoms. The van der Waals surface area contributed by atoms with Gasteiger partial charge in [0.1, 0.15) is 11.4 Å². The zero-order chi connectivity index (χ0) is 17.1. The van der Waals surface area contributed by atoms with Crippen molar-refractivity contribution in [2.75, 3.05) is 25.5 Å². The molecular formula is C16H17N3O4S. The van der Waals surface area contributed by atoms with Gasteiger partial charge in [-0.2, -0.15) is 0 Å². The molecule has 1 aliphatic heterocycles. The van der Waals surface area contributed by atoms with Crippen molar-refractivity contribution in [3.05, 3.63) is 50.2 Å². The number of nitrogens with zero attached hydrogens (tertiary/aromatic N) is 2. The van der Waals surface area contributed by atoms with Crippen molar-refractivity contribution in [3.8, 4) is 5.75 Å². The van der Waals surface area contributed by atoms with Gasteiger partial charge in [0.05, 0.1) is 24.6 Å². The Bertz CT molecular complexity index is 774. The van der Waals surface area contributed by atoms with E-state index in [4.69, 9.17) is 4.74 Å². The third-order valence-electron chi connectivity index (χ3n) is 3.93. The Balaban J connectivity index is 1.66. The third kappa shape index (κ3) is 3.55. The highest BCUT2D eigenvalue weighted by Crippen LogP contribution is 2.29. The minimum Gasteiger partial charge on any atom is -0.496 e. The van der Waals surface area contributed by atoms with Crippen LogP contribution in [0.25, 0.3) is 0 Å². The van der Waals surface area contributed by atoms with E-state index < -0.39 is 4.92 Å². The van der Waals surface area contributed by atoms with E-state index in [1.165, 1.54) is 29.7 Å². The van der Waals surface area contributed by atoms with Crippen LogP contribution in [0, 0.1) is 10.1 Å². The van der Waals surface area contributed by atoms with Crippen LogP contribution in [0.4, 0.5) is 11.4 Å². The number of hydrogen-bond donors (Lipinski definition) is 1. The molecule has 24 heavy (non-hydrogen) atoms. The lowest BCUT2D eigenvalue weighted by molar-refractivity contribution is -0.384. The number of rotatable bonds is 5. The van der Waals surface area contributed by atoms with Gasteiger partial charge in [0.15, 0.2) is 0 Å². The van der Waals surface area contributed by atoms with Crippen molar-refractivity contribution >= 4 is 28.6 Å². The Morgan fingerprint density at radius 3 is 3.04 bits per heavy atom. The highest BCUT2D eigenvalue weighted by molar-refractivity contribution is 7.10. The molecule has 0 saturated heterocycles. The number of fused-ring (bicyclic) bond motifs is 1.